The summed E-state index contributed by atoms with van der Waals surface area (Å²) in [7, 11) is 0. The highest BCUT2D eigenvalue weighted by molar-refractivity contribution is 5.33. The molecule has 0 unspecified atom stereocenters. The molecular formula is C18H31N3O. The van der Waals surface area contributed by atoms with Gasteiger partial charge in [0.1, 0.15) is 0 Å². The highest BCUT2D eigenvalue weighted by Gasteiger charge is 2.15. The molecule has 1 saturated heterocycles. The lowest BCUT2D eigenvalue weighted by molar-refractivity contribution is 0.565. The van der Waals surface area contributed by atoms with E-state index in [-0.39, 0.29) is 5.56 Å². The smallest absolute Gasteiger partial charge is 0.277 e. The molecule has 1 aromatic rings. The van der Waals surface area contributed by atoms with E-state index in [1.54, 1.807) is 0 Å². The summed E-state index contributed by atoms with van der Waals surface area (Å²) in [4.78, 5) is 22.2. The van der Waals surface area contributed by atoms with Crippen molar-refractivity contribution in [3.63, 3.8) is 0 Å². The Labute approximate surface area is 134 Å². The predicted molar refractivity (Wildman–Crippen MR) is 92.7 cm³/mol. The molecule has 0 saturated carbocycles. The molecule has 4 heteroatoms. The molecule has 1 aliphatic rings. The molecule has 22 heavy (non-hydrogen) atoms. The van der Waals surface area contributed by atoms with Crippen molar-refractivity contribution in [2.75, 3.05) is 18.0 Å². The molecule has 0 atom stereocenters. The summed E-state index contributed by atoms with van der Waals surface area (Å²) < 4.78 is 0. The third-order valence-electron chi connectivity index (χ3n) is 4.65. The topological polar surface area (TPSA) is 49.0 Å². The first-order valence-corrected chi connectivity index (χ1v) is 9.07. The van der Waals surface area contributed by atoms with Crippen LogP contribution in [0.1, 0.15) is 76.0 Å². The summed E-state index contributed by atoms with van der Waals surface area (Å²) in [6, 6.07) is 0. The van der Waals surface area contributed by atoms with Crippen molar-refractivity contribution in [1.29, 1.82) is 0 Å². The number of aromatic amines is 1. The van der Waals surface area contributed by atoms with Gasteiger partial charge in [-0.15, -0.1) is 0 Å². The second kappa shape index (κ2) is 8.96. The Bertz CT molecular complexity index is 504. The number of hydrogen-bond donors (Lipinski definition) is 1. The van der Waals surface area contributed by atoms with Crippen molar-refractivity contribution >= 4 is 5.95 Å². The molecule has 0 aromatic carbocycles. The van der Waals surface area contributed by atoms with Crippen LogP contribution in [0.5, 0.6) is 0 Å². The fraction of sp³-hybridized carbons (Fsp3) is 0.778. The standard InChI is InChI=1S/C18H31N3O/c1-3-4-5-6-7-9-12-16-15(2)19-18(20-17(16)22)21-13-10-8-11-14-21/h3-14H2,1-2H3,(H,19,20,22). The fourth-order valence-electron chi connectivity index (χ4n) is 3.23. The average molecular weight is 305 g/mol. The molecule has 124 valence electrons. The van der Waals surface area contributed by atoms with Gasteiger partial charge >= 0.3 is 0 Å². The van der Waals surface area contributed by atoms with Gasteiger partial charge in [0.15, 0.2) is 0 Å². The second-order valence-electron chi connectivity index (χ2n) is 6.53. The van der Waals surface area contributed by atoms with E-state index in [0.29, 0.717) is 0 Å². The van der Waals surface area contributed by atoms with Crippen molar-refractivity contribution in [2.24, 2.45) is 0 Å². The number of rotatable bonds is 8. The average Bonchev–Trinajstić information content (AvgIpc) is 2.53. The Morgan fingerprint density at radius 3 is 2.41 bits per heavy atom. The summed E-state index contributed by atoms with van der Waals surface area (Å²) >= 11 is 0. The number of H-pyrrole nitrogens is 1. The normalized spacial score (nSPS) is 15.3. The number of aromatic nitrogens is 2. The monoisotopic (exact) mass is 305 g/mol. The summed E-state index contributed by atoms with van der Waals surface area (Å²) in [5.41, 5.74) is 1.87. The third kappa shape index (κ3) is 4.85. The number of aryl methyl sites for hydroxylation is 1. The van der Waals surface area contributed by atoms with Gasteiger partial charge in [0.2, 0.25) is 5.95 Å². The van der Waals surface area contributed by atoms with Gasteiger partial charge in [-0.05, 0) is 39.0 Å². The van der Waals surface area contributed by atoms with Gasteiger partial charge < -0.3 is 9.88 Å². The SMILES string of the molecule is CCCCCCCCc1c(C)[nH]c(N2CCCCC2)nc1=O. The number of anilines is 1. The highest BCUT2D eigenvalue weighted by atomic mass is 16.1. The predicted octanol–water partition coefficient (Wildman–Crippen LogP) is 3.97. The summed E-state index contributed by atoms with van der Waals surface area (Å²) in [5.74, 6) is 0.772. The van der Waals surface area contributed by atoms with E-state index in [1.807, 2.05) is 6.92 Å². The maximum Gasteiger partial charge on any atom is 0.277 e. The zero-order chi connectivity index (χ0) is 15.8. The lowest BCUT2D eigenvalue weighted by atomic mass is 10.1. The van der Waals surface area contributed by atoms with E-state index in [2.05, 4.69) is 21.8 Å². The number of hydrogen-bond acceptors (Lipinski definition) is 3. The third-order valence-corrected chi connectivity index (χ3v) is 4.65. The lowest BCUT2D eigenvalue weighted by Crippen LogP contribution is -2.33. The van der Waals surface area contributed by atoms with Gasteiger partial charge in [0, 0.05) is 24.3 Å². The zero-order valence-electron chi connectivity index (χ0n) is 14.3. The van der Waals surface area contributed by atoms with E-state index < -0.39 is 0 Å². The van der Waals surface area contributed by atoms with E-state index in [4.69, 9.17) is 0 Å². The van der Waals surface area contributed by atoms with Crippen molar-refractivity contribution in [2.45, 2.75) is 78.1 Å². The first kappa shape index (κ1) is 17.0. The van der Waals surface area contributed by atoms with E-state index in [1.165, 1.54) is 51.4 Å². The van der Waals surface area contributed by atoms with Gasteiger partial charge in [-0.1, -0.05) is 39.0 Å². The van der Waals surface area contributed by atoms with Crippen molar-refractivity contribution in [1.82, 2.24) is 9.97 Å². The molecule has 2 rings (SSSR count). The van der Waals surface area contributed by atoms with Crippen LogP contribution in [0.25, 0.3) is 0 Å². The Morgan fingerprint density at radius 2 is 1.73 bits per heavy atom. The van der Waals surface area contributed by atoms with E-state index in [9.17, 15) is 4.79 Å². The Kier molecular flexibility index (Phi) is 6.94. The molecule has 1 fully saturated rings. The van der Waals surface area contributed by atoms with Gasteiger partial charge in [-0.25, -0.2) is 0 Å². The molecule has 2 heterocycles. The Hall–Kier alpha value is -1.32. The van der Waals surface area contributed by atoms with Gasteiger partial charge in [-0.2, -0.15) is 4.98 Å². The highest BCUT2D eigenvalue weighted by Crippen LogP contribution is 2.16. The van der Waals surface area contributed by atoms with Crippen molar-refractivity contribution in [3.05, 3.63) is 21.6 Å². The molecule has 1 N–H and O–H groups in total. The minimum absolute atomic E-state index is 0.0228. The Balaban J connectivity index is 1.90. The lowest BCUT2D eigenvalue weighted by Gasteiger charge is -2.27. The molecule has 4 nitrogen and oxygen atoms in total. The molecule has 0 bridgehead atoms. The second-order valence-corrected chi connectivity index (χ2v) is 6.53. The van der Waals surface area contributed by atoms with Crippen LogP contribution < -0.4 is 10.5 Å². The minimum atomic E-state index is -0.0228. The van der Waals surface area contributed by atoms with Crippen LogP contribution in [0, 0.1) is 6.92 Å². The number of unbranched alkanes of at least 4 members (excludes halogenated alkanes) is 5. The molecule has 0 spiro atoms. The number of nitrogens with one attached hydrogen (secondary N) is 1. The van der Waals surface area contributed by atoms with Gasteiger partial charge in [-0.3, -0.25) is 4.79 Å². The van der Waals surface area contributed by atoms with Crippen LogP contribution in [0.4, 0.5) is 5.95 Å². The number of piperidine rings is 1. The van der Waals surface area contributed by atoms with Crippen LogP contribution in [0.2, 0.25) is 0 Å². The first-order chi connectivity index (χ1) is 10.7. The molecule has 0 amide bonds. The molecule has 1 aromatic heterocycles. The zero-order valence-corrected chi connectivity index (χ0v) is 14.3. The molecule has 0 radical (unpaired) electrons. The van der Waals surface area contributed by atoms with Gasteiger partial charge in [0.25, 0.3) is 5.56 Å². The number of nitrogens with zero attached hydrogens (tertiary/aromatic N) is 2. The largest absolute Gasteiger partial charge is 0.342 e. The fourth-order valence-corrected chi connectivity index (χ4v) is 3.23. The molecular weight excluding hydrogens is 274 g/mol. The van der Waals surface area contributed by atoms with Crippen molar-refractivity contribution < 1.29 is 0 Å². The van der Waals surface area contributed by atoms with Crippen molar-refractivity contribution in [3.8, 4) is 0 Å². The first-order valence-electron chi connectivity index (χ1n) is 9.07. The van der Waals surface area contributed by atoms with Gasteiger partial charge in [0.05, 0.1) is 0 Å². The molecule has 0 aliphatic carbocycles. The Morgan fingerprint density at radius 1 is 1.05 bits per heavy atom. The van der Waals surface area contributed by atoms with Crippen LogP contribution >= 0.6 is 0 Å². The minimum Gasteiger partial charge on any atom is -0.342 e. The summed E-state index contributed by atoms with van der Waals surface area (Å²) in [5, 5.41) is 0. The van der Waals surface area contributed by atoms with Crippen LogP contribution in [0.15, 0.2) is 4.79 Å². The van der Waals surface area contributed by atoms with E-state index >= 15 is 0 Å². The molecule has 1 aliphatic heterocycles. The van der Waals surface area contributed by atoms with E-state index in [0.717, 1.165) is 43.1 Å². The maximum absolute atomic E-state index is 12.3. The quantitative estimate of drug-likeness (QED) is 0.739. The summed E-state index contributed by atoms with van der Waals surface area (Å²) in [6.45, 7) is 6.28. The van der Waals surface area contributed by atoms with Crippen LogP contribution in [-0.2, 0) is 6.42 Å². The van der Waals surface area contributed by atoms with Crippen LogP contribution in [-0.4, -0.2) is 23.1 Å². The summed E-state index contributed by atoms with van der Waals surface area (Å²) in [6.07, 6.45) is 12.1. The van der Waals surface area contributed by atoms with Crippen LogP contribution in [0.3, 0.4) is 0 Å². The maximum atomic E-state index is 12.3.